The van der Waals surface area contributed by atoms with Gasteiger partial charge in [0.15, 0.2) is 24.8 Å². The summed E-state index contributed by atoms with van der Waals surface area (Å²) in [7, 11) is 7.64. The molecular weight excluding hydrogens is 1560 g/mol. The van der Waals surface area contributed by atoms with Crippen LogP contribution in [-0.4, -0.2) is 0 Å². The first-order valence-corrected chi connectivity index (χ1v) is 47.3. The molecule has 4 heteroatoms. The van der Waals surface area contributed by atoms with Gasteiger partial charge in [-0.2, -0.15) is 0 Å². The molecule has 0 radical (unpaired) electrons. The molecule has 5 fully saturated rings. The molecule has 652 valence electrons. The van der Waals surface area contributed by atoms with E-state index in [0.29, 0.717) is 33.1 Å². The molecule has 0 aliphatic heterocycles. The fourth-order valence-corrected chi connectivity index (χ4v) is 21.5. The average Bonchev–Trinajstić information content (AvgIpc) is 1.41. The van der Waals surface area contributed by atoms with Crippen LogP contribution in [0.25, 0.3) is 133 Å². The molecule has 5 aliphatic carbocycles. The van der Waals surface area contributed by atoms with E-state index >= 15 is 0 Å². The molecule has 4 nitrogen and oxygen atoms in total. The lowest BCUT2D eigenvalue weighted by atomic mass is 9.68. The number of aryl methyl sites for hydroxylation is 12. The highest BCUT2D eigenvalue weighted by molar-refractivity contribution is 5.93. The molecule has 129 heavy (non-hydrogen) atoms. The highest BCUT2D eigenvalue weighted by Gasteiger charge is 2.38. The predicted molar refractivity (Wildman–Crippen MR) is 546 cm³/mol. The Hall–Kier alpha value is -11.7. The normalized spacial score (nSPS) is 19.9. The number of pyridine rings is 4. The molecule has 0 amide bonds. The van der Waals surface area contributed by atoms with Gasteiger partial charge in [0.2, 0.25) is 22.8 Å². The fourth-order valence-electron chi connectivity index (χ4n) is 21.5. The van der Waals surface area contributed by atoms with Crippen LogP contribution in [-0.2, 0) is 28.2 Å². The van der Waals surface area contributed by atoms with E-state index < -0.39 is 51.0 Å². The number of fused-ring (bicyclic) bond motifs is 4. The molecule has 0 unspecified atom stereocenters. The van der Waals surface area contributed by atoms with E-state index in [2.05, 4.69) is 211 Å². The van der Waals surface area contributed by atoms with Gasteiger partial charge in [0.25, 0.3) is 0 Å². The molecule has 0 saturated heterocycles. The predicted octanol–water partition coefficient (Wildman–Crippen LogP) is 32.1. The van der Waals surface area contributed by atoms with E-state index in [1.54, 1.807) is 24.8 Å². The minimum atomic E-state index is -2.23. The maximum absolute atomic E-state index is 9.34. The Morgan fingerprint density at radius 2 is 0.481 bits per heavy atom. The van der Waals surface area contributed by atoms with Crippen LogP contribution in [0, 0.1) is 65.9 Å². The Morgan fingerprint density at radius 3 is 0.752 bits per heavy atom. The minimum absolute atomic E-state index is 0.320. The second-order valence-electron chi connectivity index (χ2n) is 38.8. The second-order valence-corrected chi connectivity index (χ2v) is 38.8. The number of rotatable bonds is 12. The average molecular weight is 1710 g/mol. The molecule has 0 bridgehead atoms. The smallest absolute Gasteiger partial charge is 0.201 e. The van der Waals surface area contributed by atoms with Crippen molar-refractivity contribution in [2.45, 2.75) is 227 Å². The van der Waals surface area contributed by atoms with E-state index in [0.717, 1.165) is 267 Å². The maximum Gasteiger partial charge on any atom is 0.213 e. The first-order chi connectivity index (χ1) is 68.7. The Kier molecular flexibility index (Phi) is 20.8. The van der Waals surface area contributed by atoms with E-state index in [4.69, 9.17) is 20.6 Å². The van der Waals surface area contributed by atoms with E-state index in [9.17, 15) is 1.37 Å². The number of hydrogen-bond donors (Lipinski definition) is 0. The Bertz CT molecular complexity index is 7570. The topological polar surface area (TPSA) is 15.5 Å². The van der Waals surface area contributed by atoms with Crippen molar-refractivity contribution in [1.82, 2.24) is 0 Å². The third-order valence-electron chi connectivity index (χ3n) is 29.5. The Morgan fingerprint density at radius 1 is 0.240 bits per heavy atom. The summed E-state index contributed by atoms with van der Waals surface area (Å²) >= 11 is 0. The summed E-state index contributed by atoms with van der Waals surface area (Å²) in [5.74, 6) is -2.01. The van der Waals surface area contributed by atoms with Crippen LogP contribution in [0.4, 0.5) is 0 Å². The Labute approximate surface area is 793 Å². The van der Waals surface area contributed by atoms with Gasteiger partial charge in [0.05, 0.1) is 0 Å². The van der Waals surface area contributed by atoms with Gasteiger partial charge >= 0.3 is 0 Å². The summed E-state index contributed by atoms with van der Waals surface area (Å²) in [6.45, 7) is 3.99. The van der Waals surface area contributed by atoms with Crippen molar-refractivity contribution < 1.29 is 40.2 Å². The molecule has 16 aromatic rings. The van der Waals surface area contributed by atoms with Crippen LogP contribution in [0.3, 0.4) is 0 Å². The summed E-state index contributed by atoms with van der Waals surface area (Å²) in [5, 5.41) is 8.65. The van der Waals surface area contributed by atoms with Gasteiger partial charge in [-0.1, -0.05) is 253 Å². The molecule has 5 saturated carbocycles. The molecular formula is C125H136N4+4. The van der Waals surface area contributed by atoms with Gasteiger partial charge in [-0.3, -0.25) is 0 Å². The molecule has 4 heterocycles. The minimum Gasteiger partial charge on any atom is -0.201 e. The summed E-state index contributed by atoms with van der Waals surface area (Å²) in [6, 6.07) is 91.1. The number of nitrogens with zero attached hydrogens (tertiary/aromatic N) is 4. The molecule has 5 aliphatic rings. The highest BCUT2D eigenvalue weighted by Crippen LogP contribution is 2.53. The highest BCUT2D eigenvalue weighted by atomic mass is 14.9. The lowest BCUT2D eigenvalue weighted by Crippen LogP contribution is -2.31. The van der Waals surface area contributed by atoms with Crippen LogP contribution < -0.4 is 18.3 Å². The van der Waals surface area contributed by atoms with Gasteiger partial charge in [0.1, 0.15) is 28.2 Å². The van der Waals surface area contributed by atoms with Gasteiger partial charge in [-0.15, -0.1) is 0 Å². The summed E-state index contributed by atoms with van der Waals surface area (Å²) < 4.78 is 143. The van der Waals surface area contributed by atoms with E-state index in [-0.39, 0.29) is 0 Å². The number of hydrogen-bond acceptors (Lipinski definition) is 0. The van der Waals surface area contributed by atoms with Gasteiger partial charge in [-0.25, -0.2) is 18.3 Å². The van der Waals surface area contributed by atoms with Crippen molar-refractivity contribution in [3.8, 4) is 89.5 Å². The zero-order chi connectivity index (χ0) is 103. The number of benzene rings is 12. The van der Waals surface area contributed by atoms with Crippen molar-refractivity contribution >= 4 is 43.1 Å². The molecule has 1 spiro atoms. The third kappa shape index (κ3) is 19.3. The summed E-state index contributed by atoms with van der Waals surface area (Å²) in [5.41, 5.74) is 26.0. The van der Waals surface area contributed by atoms with E-state index in [1.807, 2.05) is 144 Å². The molecule has 21 rings (SSSR count). The van der Waals surface area contributed by atoms with Crippen molar-refractivity contribution in [2.24, 2.45) is 39.0 Å². The van der Waals surface area contributed by atoms with Crippen LogP contribution in [0.15, 0.2) is 292 Å². The van der Waals surface area contributed by atoms with Crippen molar-refractivity contribution in [3.63, 3.8) is 0 Å². The van der Waals surface area contributed by atoms with Crippen molar-refractivity contribution in [3.05, 3.63) is 358 Å². The zero-order valence-electron chi connectivity index (χ0n) is 93.4. The van der Waals surface area contributed by atoms with Crippen LogP contribution in [0.2, 0.25) is 0 Å². The molecule has 0 N–H and O–H groups in total. The first-order valence-electron chi connectivity index (χ1n) is 55.3. The van der Waals surface area contributed by atoms with Gasteiger partial charge in [0, 0.05) is 90.7 Å². The SMILES string of the molecule is [2H]C([2H])([2H])c1c[n+](C)c(-c2ccccc2C)cc1-c1ccc2cc(C3([2H])CCC(C)(C)CC3)ccc2c1.[2H]C([2H])([2H])c1c[n+](C)c(-c2ccccc2C)cc1-c1ccc2cc(C3([2H])CCC4(CCCC4)CC3)ccc2c1.[2H]C([2H])([2H])c1c[n+](C)c(-c2ccccc2C)cc1-c1ccc2cc(C3([2H])CCCC3)ccc2c1.[2H]C([2H])([2H])c1c[n+](C)c(-c2ccccc2C)cc1-c1ccc2cc(C3([2H])CCCCC3)ccc2c1. The largest absolute Gasteiger partial charge is 0.213 e. The van der Waals surface area contributed by atoms with Crippen molar-refractivity contribution in [2.75, 3.05) is 0 Å². The maximum atomic E-state index is 9.34. The lowest BCUT2D eigenvalue weighted by molar-refractivity contribution is -0.660. The monoisotopic (exact) mass is 1710 g/mol. The quantitative estimate of drug-likeness (QED) is 0.108. The molecule has 12 aromatic carbocycles. The summed E-state index contributed by atoms with van der Waals surface area (Å²) in [4.78, 5) is 0. The van der Waals surface area contributed by atoms with Crippen LogP contribution in [0.5, 0.6) is 0 Å². The fraction of sp³-hybridized carbons (Fsp3) is 0.328. The molecule has 0 atom stereocenters. The lowest BCUT2D eigenvalue weighted by Gasteiger charge is -2.37. The standard InChI is InChI=1S/C34H38N.C32H36N.C30H32N.C29H30N/c1-24-8-4-5-9-31(24)33-22-32(25(2)23-35(33)3)30-13-12-28-20-27(10-11-29(28)21-30)26-14-18-34(19-15-26)16-6-7-17-34;1-22-8-6-7-9-29(22)31-20-30(23(2)21-33(31)5)28-13-12-26-18-25(10-11-27(26)19-28)24-14-16-32(3,4)17-15-24;1-21-9-7-8-12-28(21)30-19-29(22(2)20-31(30)3)27-16-15-25-17-24(13-14-26(25)18-27)23-10-5-4-6-11-23;1-20-8-4-7-11-27(20)29-18-28(21(2)19-30(29)3)26-15-14-24-16-23(12-13-25(24)17-26)22-9-5-6-10-22/h4-5,8-13,20-23,26H,6-7,14-19H2,1-3H3;6-13,18-21,24H,14-17H2,1-5H3;7-9,12-20,23H,4-6,10-11H2,1-3H3;4,7-8,11-19,22H,5-6,9-10H2,1-3H3/q4*+1/i2D3,26D;2D3,24D;2D3,23D;2D3,22D. The van der Waals surface area contributed by atoms with Gasteiger partial charge < -0.3 is 0 Å². The number of aromatic nitrogens is 4. The second kappa shape index (κ2) is 38.1. The first kappa shape index (κ1) is 70.2. The third-order valence-corrected chi connectivity index (χ3v) is 29.5. The van der Waals surface area contributed by atoms with Crippen LogP contribution >= 0.6 is 0 Å². The van der Waals surface area contributed by atoms with Crippen LogP contribution in [0.1, 0.15) is 261 Å². The Balaban J connectivity index is 0.000000127. The summed E-state index contributed by atoms with van der Waals surface area (Å²) in [6.07, 6.45) is 30.0. The molecule has 4 aromatic heterocycles. The van der Waals surface area contributed by atoms with Crippen molar-refractivity contribution in [1.29, 1.82) is 0 Å². The van der Waals surface area contributed by atoms with Gasteiger partial charge in [-0.05, 0) is 360 Å². The van der Waals surface area contributed by atoms with E-state index in [1.165, 1.54) is 44.9 Å². The zero-order valence-corrected chi connectivity index (χ0v) is 77.4.